The summed E-state index contributed by atoms with van der Waals surface area (Å²) in [7, 11) is 1.63. The van der Waals surface area contributed by atoms with Crippen LogP contribution in [0.15, 0.2) is 45.7 Å². The fraction of sp³-hybridized carbons (Fsp3) is 0.167. The predicted molar refractivity (Wildman–Crippen MR) is 67.1 cm³/mol. The maximum atomic E-state index is 6.34. The molecule has 0 bridgehead atoms. The minimum atomic E-state index is -0.223. The Kier molecular flexibility index (Phi) is 3.56. The molecule has 0 amide bonds. The molecule has 1 atom stereocenters. The lowest BCUT2D eigenvalue weighted by atomic mass is 10.1. The third-order valence-electron chi connectivity index (χ3n) is 2.32. The van der Waals surface area contributed by atoms with Gasteiger partial charge in [0.2, 0.25) is 0 Å². The number of hydrogen-bond donors (Lipinski definition) is 0. The molecular formula is C12H10BrClO2. The number of methoxy groups -OCH3 is 1. The van der Waals surface area contributed by atoms with E-state index in [-0.39, 0.29) is 5.38 Å². The van der Waals surface area contributed by atoms with Crippen LogP contribution in [-0.2, 0) is 0 Å². The van der Waals surface area contributed by atoms with Crippen molar-refractivity contribution in [3.8, 4) is 5.75 Å². The summed E-state index contributed by atoms with van der Waals surface area (Å²) < 4.78 is 11.1. The first-order valence-corrected chi connectivity index (χ1v) is 5.95. The smallest absolute Gasteiger partial charge is 0.120 e. The standard InChI is InChI=1S/C12H10BrClO2/c1-15-9-2-3-10(11(13)6-9)12(14)8-4-5-16-7-8/h2-7,12H,1H3. The fourth-order valence-electron chi connectivity index (χ4n) is 1.44. The van der Waals surface area contributed by atoms with Crippen LogP contribution in [0, 0.1) is 0 Å². The van der Waals surface area contributed by atoms with Gasteiger partial charge in [0, 0.05) is 10.0 Å². The maximum Gasteiger partial charge on any atom is 0.120 e. The van der Waals surface area contributed by atoms with E-state index in [2.05, 4.69) is 15.9 Å². The molecule has 0 N–H and O–H groups in total. The van der Waals surface area contributed by atoms with Crippen LogP contribution in [0.25, 0.3) is 0 Å². The van der Waals surface area contributed by atoms with Crippen molar-refractivity contribution in [3.05, 3.63) is 52.4 Å². The highest BCUT2D eigenvalue weighted by atomic mass is 79.9. The number of halogens is 2. The minimum Gasteiger partial charge on any atom is -0.497 e. The van der Waals surface area contributed by atoms with Crippen LogP contribution in [0.3, 0.4) is 0 Å². The molecule has 1 aromatic heterocycles. The lowest BCUT2D eigenvalue weighted by Crippen LogP contribution is -1.93. The topological polar surface area (TPSA) is 22.4 Å². The summed E-state index contributed by atoms with van der Waals surface area (Å²) in [5, 5.41) is -0.223. The zero-order valence-corrected chi connectivity index (χ0v) is 11.0. The number of furan rings is 1. The highest BCUT2D eigenvalue weighted by Gasteiger charge is 2.15. The molecule has 0 radical (unpaired) electrons. The van der Waals surface area contributed by atoms with Crippen LogP contribution in [-0.4, -0.2) is 7.11 Å². The molecule has 16 heavy (non-hydrogen) atoms. The van der Waals surface area contributed by atoms with E-state index in [0.717, 1.165) is 21.3 Å². The third kappa shape index (κ3) is 2.25. The molecule has 0 aliphatic heterocycles. The van der Waals surface area contributed by atoms with Crippen LogP contribution in [0.5, 0.6) is 5.75 Å². The van der Waals surface area contributed by atoms with E-state index >= 15 is 0 Å². The maximum absolute atomic E-state index is 6.34. The van der Waals surface area contributed by atoms with Gasteiger partial charge in [-0.25, -0.2) is 0 Å². The van der Waals surface area contributed by atoms with Crippen LogP contribution in [0.2, 0.25) is 0 Å². The molecule has 0 fully saturated rings. The van der Waals surface area contributed by atoms with Crippen molar-refractivity contribution in [2.45, 2.75) is 5.38 Å². The number of benzene rings is 1. The summed E-state index contributed by atoms with van der Waals surface area (Å²) in [6, 6.07) is 7.57. The fourth-order valence-corrected chi connectivity index (χ4v) is 2.47. The Balaban J connectivity index is 2.34. The number of ether oxygens (including phenoxy) is 1. The van der Waals surface area contributed by atoms with Crippen molar-refractivity contribution in [2.75, 3.05) is 7.11 Å². The number of rotatable bonds is 3. The Labute approximate surface area is 107 Å². The molecule has 2 nitrogen and oxygen atoms in total. The molecule has 1 aromatic carbocycles. The Bertz CT molecular complexity index is 468. The Morgan fingerprint density at radius 1 is 1.38 bits per heavy atom. The molecular weight excluding hydrogens is 291 g/mol. The van der Waals surface area contributed by atoms with Gasteiger partial charge >= 0.3 is 0 Å². The van der Waals surface area contributed by atoms with Gasteiger partial charge in [-0.15, -0.1) is 11.6 Å². The van der Waals surface area contributed by atoms with Gasteiger partial charge in [-0.3, -0.25) is 0 Å². The van der Waals surface area contributed by atoms with Crippen LogP contribution >= 0.6 is 27.5 Å². The van der Waals surface area contributed by atoms with E-state index in [4.69, 9.17) is 20.8 Å². The molecule has 4 heteroatoms. The molecule has 1 unspecified atom stereocenters. The molecule has 0 aliphatic carbocycles. The molecule has 0 saturated heterocycles. The van der Waals surface area contributed by atoms with Gasteiger partial charge in [0.25, 0.3) is 0 Å². The largest absolute Gasteiger partial charge is 0.497 e. The highest BCUT2D eigenvalue weighted by Crippen LogP contribution is 2.35. The highest BCUT2D eigenvalue weighted by molar-refractivity contribution is 9.10. The van der Waals surface area contributed by atoms with Gasteiger partial charge in [-0.1, -0.05) is 22.0 Å². The molecule has 0 aliphatic rings. The van der Waals surface area contributed by atoms with E-state index in [9.17, 15) is 0 Å². The van der Waals surface area contributed by atoms with Gasteiger partial charge in [-0.2, -0.15) is 0 Å². The lowest BCUT2D eigenvalue weighted by molar-refractivity contribution is 0.414. The van der Waals surface area contributed by atoms with Crippen molar-refractivity contribution >= 4 is 27.5 Å². The summed E-state index contributed by atoms with van der Waals surface area (Å²) in [5.41, 5.74) is 1.93. The molecule has 2 aromatic rings. The molecule has 2 rings (SSSR count). The average Bonchev–Trinajstić information content (AvgIpc) is 2.81. The summed E-state index contributed by atoms with van der Waals surface area (Å²) in [6.45, 7) is 0. The van der Waals surface area contributed by atoms with E-state index in [1.54, 1.807) is 19.6 Å². The third-order valence-corrected chi connectivity index (χ3v) is 3.49. The molecule has 0 saturated carbocycles. The monoisotopic (exact) mass is 300 g/mol. The minimum absolute atomic E-state index is 0.223. The van der Waals surface area contributed by atoms with Gasteiger partial charge in [0.15, 0.2) is 0 Å². The molecule has 1 heterocycles. The van der Waals surface area contributed by atoms with Crippen molar-refractivity contribution in [1.29, 1.82) is 0 Å². The quantitative estimate of drug-likeness (QED) is 0.785. The zero-order valence-electron chi connectivity index (χ0n) is 8.61. The summed E-state index contributed by atoms with van der Waals surface area (Å²) >= 11 is 9.82. The van der Waals surface area contributed by atoms with Gasteiger partial charge in [0.05, 0.1) is 25.0 Å². The van der Waals surface area contributed by atoms with Crippen molar-refractivity contribution in [2.24, 2.45) is 0 Å². The van der Waals surface area contributed by atoms with E-state index in [1.165, 1.54) is 0 Å². The second-order valence-corrected chi connectivity index (χ2v) is 4.60. The van der Waals surface area contributed by atoms with Gasteiger partial charge < -0.3 is 9.15 Å². The van der Waals surface area contributed by atoms with Crippen molar-refractivity contribution in [3.63, 3.8) is 0 Å². The Morgan fingerprint density at radius 3 is 2.75 bits per heavy atom. The van der Waals surface area contributed by atoms with E-state index in [1.807, 2.05) is 24.3 Å². The SMILES string of the molecule is COc1ccc(C(Cl)c2ccoc2)c(Br)c1. The van der Waals surface area contributed by atoms with Gasteiger partial charge in [0.1, 0.15) is 5.75 Å². The normalized spacial score (nSPS) is 12.4. The number of hydrogen-bond acceptors (Lipinski definition) is 2. The van der Waals surface area contributed by atoms with Crippen LogP contribution < -0.4 is 4.74 Å². The Morgan fingerprint density at radius 2 is 2.19 bits per heavy atom. The Hall–Kier alpha value is -0.930. The van der Waals surface area contributed by atoms with E-state index in [0.29, 0.717) is 0 Å². The zero-order chi connectivity index (χ0) is 11.5. The first-order valence-electron chi connectivity index (χ1n) is 4.72. The van der Waals surface area contributed by atoms with E-state index < -0.39 is 0 Å². The molecule has 0 spiro atoms. The van der Waals surface area contributed by atoms with Crippen LogP contribution in [0.1, 0.15) is 16.5 Å². The summed E-state index contributed by atoms with van der Waals surface area (Å²) in [6.07, 6.45) is 3.26. The summed E-state index contributed by atoms with van der Waals surface area (Å²) in [4.78, 5) is 0. The van der Waals surface area contributed by atoms with Crippen molar-refractivity contribution < 1.29 is 9.15 Å². The second-order valence-electron chi connectivity index (χ2n) is 3.31. The first-order chi connectivity index (χ1) is 7.72. The molecule has 84 valence electrons. The van der Waals surface area contributed by atoms with Crippen LogP contribution in [0.4, 0.5) is 0 Å². The summed E-state index contributed by atoms with van der Waals surface area (Å²) in [5.74, 6) is 0.798. The van der Waals surface area contributed by atoms with Gasteiger partial charge in [-0.05, 0) is 23.8 Å². The lowest BCUT2D eigenvalue weighted by Gasteiger charge is -2.11. The first kappa shape index (κ1) is 11.6. The predicted octanol–water partition coefficient (Wildman–Crippen LogP) is 4.38. The average molecular weight is 302 g/mol. The number of alkyl halides is 1. The van der Waals surface area contributed by atoms with Crippen molar-refractivity contribution in [1.82, 2.24) is 0 Å². The second kappa shape index (κ2) is 4.93.